The second kappa shape index (κ2) is 14.4. The Morgan fingerprint density at radius 2 is 1.36 bits per heavy atom. The summed E-state index contributed by atoms with van der Waals surface area (Å²) in [5.41, 5.74) is 6.33. The van der Waals surface area contributed by atoms with Gasteiger partial charge in [-0.05, 0) is 72.5 Å². The summed E-state index contributed by atoms with van der Waals surface area (Å²) in [5, 5.41) is 5.32. The van der Waals surface area contributed by atoms with E-state index in [9.17, 15) is 21.4 Å². The van der Waals surface area contributed by atoms with Gasteiger partial charge in [0.05, 0.1) is 4.90 Å². The molecule has 0 heterocycles. The van der Waals surface area contributed by atoms with Gasteiger partial charge in [-0.15, -0.1) is 0 Å². The Kier molecular flexibility index (Phi) is 10.4. The lowest BCUT2D eigenvalue weighted by Crippen LogP contribution is -2.21. The predicted octanol–water partition coefficient (Wildman–Crippen LogP) is 6.21. The van der Waals surface area contributed by atoms with Crippen molar-refractivity contribution in [1.29, 1.82) is 0 Å². The number of sulfonamides is 1. The van der Waals surface area contributed by atoms with Gasteiger partial charge in [-0.25, -0.2) is 18.1 Å². The minimum atomic E-state index is -4.85. The summed E-state index contributed by atoms with van der Waals surface area (Å²) in [7, 11) is -9.10. The normalized spacial score (nSPS) is 13.1. The maximum atomic E-state index is 12.7. The third kappa shape index (κ3) is 8.22. The molecule has 47 heavy (non-hydrogen) atoms. The van der Waals surface area contributed by atoms with Gasteiger partial charge in [0.2, 0.25) is 10.0 Å². The molecule has 3 N–H and O–H groups in total. The molecule has 8 nitrogen and oxygen atoms in total. The largest absolute Gasteiger partial charge is 0.367 e. The van der Waals surface area contributed by atoms with Gasteiger partial charge < -0.3 is 4.90 Å². The lowest BCUT2D eigenvalue weighted by atomic mass is 9.90. The zero-order chi connectivity index (χ0) is 33.6. The van der Waals surface area contributed by atoms with Gasteiger partial charge in [0, 0.05) is 42.1 Å². The number of hydrogen-bond donors (Lipinski definition) is 2. The first-order valence-corrected chi connectivity index (χ1v) is 18.3. The van der Waals surface area contributed by atoms with E-state index in [2.05, 4.69) is 47.6 Å². The number of anilines is 1. The molecule has 0 bridgehead atoms. The minimum Gasteiger partial charge on any atom is -0.367 e. The standard InChI is InChI=1S/C37H37N3O5S2/c1-3-39(26-28-11-7-5-8-12-28)32-19-15-30(16-20-32)37(35-24-23-34(46(38,41)42)25-36(35)47(43,44)45)31-17-21-33(22-18-31)40(4-2)27-29-13-9-6-10-14-29/h5-25H,3-4,26-27H2,1-2H3,(H2-,38,41,42,43,44,45)/p+1. The van der Waals surface area contributed by atoms with Crippen LogP contribution in [0.5, 0.6) is 0 Å². The number of benzene rings is 4. The summed E-state index contributed by atoms with van der Waals surface area (Å²) >= 11 is 0. The molecule has 5 rings (SSSR count). The van der Waals surface area contributed by atoms with Crippen molar-refractivity contribution in [3.05, 3.63) is 155 Å². The van der Waals surface area contributed by atoms with Crippen LogP contribution in [-0.2, 0) is 33.2 Å². The first-order chi connectivity index (χ1) is 22.5. The number of nitrogens with two attached hydrogens (primary N) is 1. The van der Waals surface area contributed by atoms with E-state index >= 15 is 0 Å². The molecule has 0 saturated carbocycles. The Bertz CT molecular complexity index is 2070. The number of nitrogens with zero attached hydrogens (tertiary/aromatic N) is 2. The Hall–Kier alpha value is -4.61. The van der Waals surface area contributed by atoms with Crippen LogP contribution in [0, 0.1) is 0 Å². The van der Waals surface area contributed by atoms with Crippen LogP contribution in [0.25, 0.3) is 5.57 Å². The van der Waals surface area contributed by atoms with Gasteiger partial charge in [0.15, 0.2) is 12.3 Å². The summed E-state index contributed by atoms with van der Waals surface area (Å²) in [4.78, 5) is 1.26. The van der Waals surface area contributed by atoms with Crippen molar-refractivity contribution in [1.82, 2.24) is 0 Å². The maximum Gasteiger partial charge on any atom is 0.295 e. The second-order valence-corrected chi connectivity index (χ2v) is 14.1. The summed E-state index contributed by atoms with van der Waals surface area (Å²) in [6, 6.07) is 31.6. The molecular formula is C37H38N3O5S2+. The topological polar surface area (TPSA) is 121 Å². The summed E-state index contributed by atoms with van der Waals surface area (Å²) < 4.78 is 62.2. The van der Waals surface area contributed by atoms with Crippen LogP contribution in [0.3, 0.4) is 0 Å². The Labute approximate surface area is 277 Å². The molecule has 10 heteroatoms. The fourth-order valence-corrected chi connectivity index (χ4v) is 6.97. The van der Waals surface area contributed by atoms with Gasteiger partial charge in [0.1, 0.15) is 11.4 Å². The molecule has 0 radical (unpaired) electrons. The SMILES string of the molecule is CCN(Cc1ccccc1)c1ccc(C(=C2C=CC(=[N+](CC)Cc3ccccc3)C=C2)c2ccc(S(N)(=O)=O)cc2S(=O)(=O)O)cc1. The highest BCUT2D eigenvalue weighted by atomic mass is 32.2. The molecule has 242 valence electrons. The van der Waals surface area contributed by atoms with Crippen molar-refractivity contribution >= 4 is 37.1 Å². The molecule has 4 aromatic carbocycles. The lowest BCUT2D eigenvalue weighted by Gasteiger charge is -2.24. The monoisotopic (exact) mass is 668 g/mol. The van der Waals surface area contributed by atoms with Crippen LogP contribution in [0.1, 0.15) is 36.1 Å². The minimum absolute atomic E-state index is 0.147. The molecule has 0 fully saturated rings. The zero-order valence-corrected chi connectivity index (χ0v) is 28.0. The van der Waals surface area contributed by atoms with Crippen molar-refractivity contribution in [2.24, 2.45) is 5.14 Å². The van der Waals surface area contributed by atoms with Crippen LogP contribution >= 0.6 is 0 Å². The first-order valence-electron chi connectivity index (χ1n) is 15.3. The first kappa shape index (κ1) is 33.7. The van der Waals surface area contributed by atoms with E-state index in [-0.39, 0.29) is 5.56 Å². The van der Waals surface area contributed by atoms with Gasteiger partial charge in [-0.3, -0.25) is 4.55 Å². The second-order valence-electron chi connectivity index (χ2n) is 11.1. The average molecular weight is 669 g/mol. The molecule has 0 saturated heterocycles. The van der Waals surface area contributed by atoms with Crippen LogP contribution in [-0.4, -0.2) is 44.8 Å². The van der Waals surface area contributed by atoms with Crippen molar-refractivity contribution < 1.29 is 26.0 Å². The lowest BCUT2D eigenvalue weighted by molar-refractivity contribution is -0.539. The number of hydrogen-bond acceptors (Lipinski definition) is 5. The average Bonchev–Trinajstić information content (AvgIpc) is 3.07. The number of primary sulfonamides is 1. The quantitative estimate of drug-likeness (QED) is 0.145. The third-order valence-electron chi connectivity index (χ3n) is 8.07. The van der Waals surface area contributed by atoms with E-state index in [1.165, 1.54) is 23.3 Å². The van der Waals surface area contributed by atoms with Crippen LogP contribution in [0.15, 0.2) is 143 Å². The summed E-state index contributed by atoms with van der Waals surface area (Å²) in [6.45, 7) is 7.13. The van der Waals surface area contributed by atoms with Gasteiger partial charge in [-0.2, -0.15) is 8.42 Å². The third-order valence-corrected chi connectivity index (χ3v) is 9.87. The molecule has 0 atom stereocenters. The van der Waals surface area contributed by atoms with Crippen molar-refractivity contribution in [3.63, 3.8) is 0 Å². The predicted molar refractivity (Wildman–Crippen MR) is 187 cm³/mol. The molecule has 0 spiro atoms. The molecule has 0 amide bonds. The van der Waals surface area contributed by atoms with Crippen LogP contribution in [0.2, 0.25) is 0 Å². The van der Waals surface area contributed by atoms with E-state index in [0.717, 1.165) is 30.6 Å². The van der Waals surface area contributed by atoms with Gasteiger partial charge in [-0.1, -0.05) is 78.9 Å². The van der Waals surface area contributed by atoms with Crippen molar-refractivity contribution in [2.75, 3.05) is 18.0 Å². The molecular weight excluding hydrogens is 631 g/mol. The van der Waals surface area contributed by atoms with E-state index in [4.69, 9.17) is 5.14 Å². The molecule has 1 aliphatic rings. The van der Waals surface area contributed by atoms with Gasteiger partial charge >= 0.3 is 0 Å². The van der Waals surface area contributed by atoms with E-state index in [1.54, 1.807) is 0 Å². The Balaban J connectivity index is 1.63. The van der Waals surface area contributed by atoms with Crippen LogP contribution < -0.4 is 10.0 Å². The zero-order valence-electron chi connectivity index (χ0n) is 26.3. The van der Waals surface area contributed by atoms with E-state index < -0.39 is 29.9 Å². The van der Waals surface area contributed by atoms with Crippen LogP contribution in [0.4, 0.5) is 5.69 Å². The van der Waals surface area contributed by atoms with E-state index in [1.807, 2.05) is 85.0 Å². The molecule has 0 aromatic heterocycles. The number of allylic oxidation sites excluding steroid dienone is 5. The summed E-state index contributed by atoms with van der Waals surface area (Å²) in [5.74, 6) is 0. The van der Waals surface area contributed by atoms with Crippen molar-refractivity contribution in [3.8, 4) is 0 Å². The van der Waals surface area contributed by atoms with Crippen molar-refractivity contribution in [2.45, 2.75) is 36.7 Å². The highest BCUT2D eigenvalue weighted by Crippen LogP contribution is 2.36. The van der Waals surface area contributed by atoms with Gasteiger partial charge in [0.25, 0.3) is 10.1 Å². The smallest absolute Gasteiger partial charge is 0.295 e. The fraction of sp³-hybridized carbons (Fsp3) is 0.162. The highest BCUT2D eigenvalue weighted by Gasteiger charge is 2.25. The number of rotatable bonds is 11. The maximum absolute atomic E-state index is 12.7. The summed E-state index contributed by atoms with van der Waals surface area (Å²) in [6.07, 6.45) is 7.75. The molecule has 0 unspecified atom stereocenters. The Morgan fingerprint density at radius 3 is 1.89 bits per heavy atom. The molecule has 0 aliphatic heterocycles. The highest BCUT2D eigenvalue weighted by molar-refractivity contribution is 7.89. The van der Waals surface area contributed by atoms with E-state index in [0.29, 0.717) is 29.8 Å². The fourth-order valence-electron chi connectivity index (χ4n) is 5.63. The Morgan fingerprint density at radius 1 is 0.766 bits per heavy atom. The molecule has 1 aliphatic carbocycles. The molecule has 4 aromatic rings.